The molecule has 0 radical (unpaired) electrons. The standard InChI is InChI=1S/C26H32FN5O/c1-5-31(6-2)20-9-7-18(8-10-20)15-19-11-13-32-25(19)29-23-17-24(28-12-14-30(3)4)22(27)16-21(23)26(32)33/h7-10,15-17,28H,5-6,11-14H2,1-4H3/b19-15+. The Morgan fingerprint density at radius 1 is 1.15 bits per heavy atom. The molecule has 2 aromatic carbocycles. The monoisotopic (exact) mass is 449 g/mol. The van der Waals surface area contributed by atoms with Gasteiger partial charge in [-0.15, -0.1) is 0 Å². The van der Waals surface area contributed by atoms with Crippen LogP contribution in [0.2, 0.25) is 0 Å². The Bertz CT molecular complexity index is 1230. The van der Waals surface area contributed by atoms with Crippen molar-refractivity contribution in [2.75, 3.05) is 50.5 Å². The molecule has 0 spiro atoms. The highest BCUT2D eigenvalue weighted by atomic mass is 19.1. The van der Waals surface area contributed by atoms with E-state index in [-0.39, 0.29) is 5.56 Å². The topological polar surface area (TPSA) is 53.4 Å². The van der Waals surface area contributed by atoms with Gasteiger partial charge in [0.2, 0.25) is 0 Å². The fourth-order valence-electron chi connectivity index (χ4n) is 4.30. The molecule has 4 rings (SSSR count). The van der Waals surface area contributed by atoms with E-state index in [4.69, 9.17) is 4.98 Å². The summed E-state index contributed by atoms with van der Waals surface area (Å²) in [5.74, 6) is 0.244. The highest BCUT2D eigenvalue weighted by Crippen LogP contribution is 2.29. The molecule has 0 amide bonds. The Labute approximate surface area is 194 Å². The Morgan fingerprint density at radius 3 is 2.55 bits per heavy atom. The minimum absolute atomic E-state index is 0.186. The molecule has 1 aliphatic heterocycles. The quantitative estimate of drug-likeness (QED) is 0.556. The number of fused-ring (bicyclic) bond motifs is 2. The number of aromatic nitrogens is 2. The summed E-state index contributed by atoms with van der Waals surface area (Å²) in [6, 6.07) is 11.4. The number of hydrogen-bond acceptors (Lipinski definition) is 5. The third kappa shape index (κ3) is 4.78. The van der Waals surface area contributed by atoms with E-state index in [1.807, 2.05) is 19.0 Å². The minimum Gasteiger partial charge on any atom is -0.381 e. The molecule has 2 heterocycles. The lowest BCUT2D eigenvalue weighted by atomic mass is 10.1. The summed E-state index contributed by atoms with van der Waals surface area (Å²) < 4.78 is 16.3. The molecule has 0 bridgehead atoms. The van der Waals surface area contributed by atoms with Crippen LogP contribution in [0.25, 0.3) is 22.6 Å². The lowest BCUT2D eigenvalue weighted by Gasteiger charge is -2.20. The Kier molecular flexibility index (Phi) is 6.79. The molecule has 1 aromatic heterocycles. The zero-order valence-corrected chi connectivity index (χ0v) is 19.9. The first-order valence-corrected chi connectivity index (χ1v) is 11.6. The van der Waals surface area contributed by atoms with Gasteiger partial charge in [-0.1, -0.05) is 12.1 Å². The van der Waals surface area contributed by atoms with Crippen LogP contribution in [-0.4, -0.2) is 54.7 Å². The van der Waals surface area contributed by atoms with Gasteiger partial charge in [-0.3, -0.25) is 9.36 Å². The number of rotatable bonds is 8. The maximum absolute atomic E-state index is 14.6. The van der Waals surface area contributed by atoms with Crippen molar-refractivity contribution in [2.45, 2.75) is 26.8 Å². The van der Waals surface area contributed by atoms with Crippen LogP contribution in [0.3, 0.4) is 0 Å². The number of benzene rings is 2. The zero-order chi connectivity index (χ0) is 23.5. The maximum atomic E-state index is 14.6. The largest absolute Gasteiger partial charge is 0.381 e. The van der Waals surface area contributed by atoms with Crippen LogP contribution in [0.1, 0.15) is 31.7 Å². The minimum atomic E-state index is -0.428. The molecule has 7 heteroatoms. The Balaban J connectivity index is 1.67. The van der Waals surface area contributed by atoms with E-state index in [0.717, 1.165) is 37.2 Å². The lowest BCUT2D eigenvalue weighted by molar-refractivity contribution is 0.425. The lowest BCUT2D eigenvalue weighted by Crippen LogP contribution is -2.22. The van der Waals surface area contributed by atoms with Crippen molar-refractivity contribution in [1.29, 1.82) is 0 Å². The van der Waals surface area contributed by atoms with E-state index in [1.54, 1.807) is 10.6 Å². The van der Waals surface area contributed by atoms with Crippen LogP contribution in [-0.2, 0) is 6.54 Å². The summed E-state index contributed by atoms with van der Waals surface area (Å²) in [5, 5.41) is 3.43. The van der Waals surface area contributed by atoms with Gasteiger partial charge in [0, 0.05) is 38.4 Å². The zero-order valence-electron chi connectivity index (χ0n) is 19.9. The summed E-state index contributed by atoms with van der Waals surface area (Å²) >= 11 is 0. The first kappa shape index (κ1) is 23.0. The molecule has 6 nitrogen and oxygen atoms in total. The van der Waals surface area contributed by atoms with Gasteiger partial charge >= 0.3 is 0 Å². The van der Waals surface area contributed by atoms with Crippen molar-refractivity contribution >= 4 is 33.9 Å². The summed E-state index contributed by atoms with van der Waals surface area (Å²) in [6.45, 7) is 8.18. The normalized spacial score (nSPS) is 14.3. The molecule has 1 N–H and O–H groups in total. The highest BCUT2D eigenvalue weighted by molar-refractivity contribution is 5.86. The van der Waals surface area contributed by atoms with E-state index < -0.39 is 5.82 Å². The molecule has 174 valence electrons. The average Bonchev–Trinajstić information content (AvgIpc) is 3.19. The van der Waals surface area contributed by atoms with Crippen molar-refractivity contribution in [3.05, 3.63) is 64.0 Å². The van der Waals surface area contributed by atoms with Gasteiger partial charge in [0.25, 0.3) is 5.56 Å². The average molecular weight is 450 g/mol. The summed E-state index contributed by atoms with van der Waals surface area (Å²) in [4.78, 5) is 22.2. The van der Waals surface area contributed by atoms with E-state index in [0.29, 0.717) is 35.5 Å². The van der Waals surface area contributed by atoms with Crippen molar-refractivity contribution < 1.29 is 4.39 Å². The van der Waals surface area contributed by atoms with E-state index in [1.165, 1.54) is 11.8 Å². The first-order chi connectivity index (χ1) is 15.9. The predicted octanol–water partition coefficient (Wildman–Crippen LogP) is 4.30. The molecular weight excluding hydrogens is 417 g/mol. The van der Waals surface area contributed by atoms with Gasteiger partial charge in [0.15, 0.2) is 0 Å². The highest BCUT2D eigenvalue weighted by Gasteiger charge is 2.22. The molecule has 0 unspecified atom stereocenters. The molecule has 0 aliphatic carbocycles. The molecule has 3 aromatic rings. The van der Waals surface area contributed by atoms with Crippen molar-refractivity contribution in [3.63, 3.8) is 0 Å². The Hall–Kier alpha value is -3.19. The number of anilines is 2. The fraction of sp³-hybridized carbons (Fsp3) is 0.385. The molecular formula is C26H32FN5O. The smallest absolute Gasteiger partial charge is 0.261 e. The van der Waals surface area contributed by atoms with Crippen LogP contribution in [0.5, 0.6) is 0 Å². The van der Waals surface area contributed by atoms with Gasteiger partial charge in [0.05, 0.1) is 16.6 Å². The molecule has 33 heavy (non-hydrogen) atoms. The van der Waals surface area contributed by atoms with Crippen LogP contribution >= 0.6 is 0 Å². The Morgan fingerprint density at radius 2 is 1.88 bits per heavy atom. The summed E-state index contributed by atoms with van der Waals surface area (Å²) in [7, 11) is 3.93. The van der Waals surface area contributed by atoms with E-state index >= 15 is 0 Å². The summed E-state index contributed by atoms with van der Waals surface area (Å²) in [5.41, 5.74) is 4.01. The van der Waals surface area contributed by atoms with Crippen LogP contribution in [0, 0.1) is 5.82 Å². The van der Waals surface area contributed by atoms with Gasteiger partial charge in [-0.05, 0) is 75.8 Å². The third-order valence-electron chi connectivity index (χ3n) is 6.17. The number of halogens is 1. The molecule has 0 fully saturated rings. The van der Waals surface area contributed by atoms with Crippen LogP contribution < -0.4 is 15.8 Å². The number of nitrogens with one attached hydrogen (secondary N) is 1. The SMILES string of the molecule is CCN(CC)c1ccc(/C=C2\CCn3c2nc2cc(NCCN(C)C)c(F)cc2c3=O)cc1. The van der Waals surface area contributed by atoms with Gasteiger partial charge in [-0.2, -0.15) is 0 Å². The van der Waals surface area contributed by atoms with Crippen LogP contribution in [0.15, 0.2) is 41.2 Å². The van der Waals surface area contributed by atoms with Crippen molar-refractivity contribution in [1.82, 2.24) is 14.5 Å². The third-order valence-corrected chi connectivity index (χ3v) is 6.17. The second-order valence-corrected chi connectivity index (χ2v) is 8.65. The molecule has 0 saturated heterocycles. The van der Waals surface area contributed by atoms with Gasteiger partial charge in [-0.25, -0.2) is 9.37 Å². The second kappa shape index (κ2) is 9.75. The van der Waals surface area contributed by atoms with Crippen LogP contribution in [0.4, 0.5) is 15.8 Å². The number of nitrogens with zero attached hydrogens (tertiary/aromatic N) is 4. The maximum Gasteiger partial charge on any atom is 0.261 e. The number of hydrogen-bond donors (Lipinski definition) is 1. The van der Waals surface area contributed by atoms with Crippen molar-refractivity contribution in [2.24, 2.45) is 0 Å². The molecule has 0 atom stereocenters. The number of allylic oxidation sites excluding steroid dienone is 1. The predicted molar refractivity (Wildman–Crippen MR) is 135 cm³/mol. The summed E-state index contributed by atoms with van der Waals surface area (Å²) in [6.07, 6.45) is 2.83. The molecule has 1 aliphatic rings. The first-order valence-electron chi connectivity index (χ1n) is 11.6. The van der Waals surface area contributed by atoms with E-state index in [9.17, 15) is 9.18 Å². The molecule has 0 saturated carbocycles. The second-order valence-electron chi connectivity index (χ2n) is 8.65. The van der Waals surface area contributed by atoms with E-state index in [2.05, 4.69) is 54.4 Å². The fourth-order valence-corrected chi connectivity index (χ4v) is 4.30. The van der Waals surface area contributed by atoms with Gasteiger partial charge < -0.3 is 15.1 Å². The number of likely N-dealkylation sites (N-methyl/N-ethyl adjacent to an activating group) is 1. The van der Waals surface area contributed by atoms with Crippen molar-refractivity contribution in [3.8, 4) is 0 Å². The van der Waals surface area contributed by atoms with Gasteiger partial charge in [0.1, 0.15) is 11.6 Å².